The number of anilines is 1. The molecule has 0 heterocycles. The lowest BCUT2D eigenvalue weighted by molar-refractivity contribution is -0.136. The number of para-hydroxylation sites is 1. The molecule has 0 aliphatic carbocycles. The second-order valence-corrected chi connectivity index (χ2v) is 5.82. The zero-order chi connectivity index (χ0) is 17.1. The Morgan fingerprint density at radius 1 is 1.18 bits per heavy atom. The molecule has 0 aliphatic rings. The van der Waals surface area contributed by atoms with E-state index in [1.807, 2.05) is 0 Å². The third-order valence-electron chi connectivity index (χ3n) is 2.56. The van der Waals surface area contributed by atoms with Crippen molar-refractivity contribution in [3.63, 3.8) is 0 Å². The van der Waals surface area contributed by atoms with Gasteiger partial charge in [0.25, 0.3) is 0 Å². The molecule has 0 atom stereocenters. The normalized spacial score (nSPS) is 11.8. The number of carbonyl (C=O) groups is 1. The first-order valence-electron chi connectivity index (χ1n) is 6.52. The fraction of sp³-hybridized carbons (Fsp3) is 0.429. The number of halogens is 3. The van der Waals surface area contributed by atoms with Gasteiger partial charge in [0.1, 0.15) is 0 Å². The van der Waals surface area contributed by atoms with Crippen molar-refractivity contribution in [2.24, 2.45) is 0 Å². The first-order valence-corrected chi connectivity index (χ1v) is 6.52. The topological polar surface area (TPSA) is 77.0 Å². The summed E-state index contributed by atoms with van der Waals surface area (Å²) < 4.78 is 38.9. The summed E-state index contributed by atoms with van der Waals surface area (Å²) in [4.78, 5) is 11.6. The largest absolute Gasteiger partial charge is 0.418 e. The van der Waals surface area contributed by atoms with E-state index < -0.39 is 29.3 Å². The summed E-state index contributed by atoms with van der Waals surface area (Å²) in [5.41, 5.74) is -1.35. The summed E-state index contributed by atoms with van der Waals surface area (Å²) in [5, 5.41) is 14.6. The molecule has 122 valence electrons. The Morgan fingerprint density at radius 2 is 1.77 bits per heavy atom. The highest BCUT2D eigenvalue weighted by molar-refractivity contribution is 6.02. The Morgan fingerprint density at radius 3 is 2.27 bits per heavy atom. The van der Waals surface area contributed by atoms with Crippen LogP contribution in [0.15, 0.2) is 18.2 Å². The zero-order valence-electron chi connectivity index (χ0n) is 12.8. The van der Waals surface area contributed by atoms with E-state index in [0.29, 0.717) is 5.56 Å². The molecule has 0 bridgehead atoms. The van der Waals surface area contributed by atoms with E-state index in [1.165, 1.54) is 19.1 Å². The number of aryl methyl sites for hydroxylation is 1. The molecule has 0 aromatic heterocycles. The average molecular weight is 316 g/mol. The van der Waals surface area contributed by atoms with Crippen LogP contribution in [-0.4, -0.2) is 17.5 Å². The molecule has 0 aliphatic heterocycles. The highest BCUT2D eigenvalue weighted by atomic mass is 19.4. The van der Waals surface area contributed by atoms with Crippen LogP contribution in [0.4, 0.5) is 23.7 Å². The van der Waals surface area contributed by atoms with Crippen molar-refractivity contribution in [3.8, 4) is 0 Å². The molecule has 0 saturated carbocycles. The molecule has 2 amide bonds. The maximum absolute atomic E-state index is 13.0. The smallest absolute Gasteiger partial charge is 0.333 e. The molecular weight excluding hydrogens is 297 g/mol. The Balaban J connectivity index is 2.88. The van der Waals surface area contributed by atoms with Crippen molar-refractivity contribution in [2.75, 3.05) is 5.32 Å². The predicted molar refractivity (Wildman–Crippen MR) is 79.0 cm³/mol. The highest BCUT2D eigenvalue weighted by Gasteiger charge is 2.34. The van der Waals surface area contributed by atoms with Gasteiger partial charge in [0, 0.05) is 5.54 Å². The Labute approximate surface area is 126 Å². The van der Waals surface area contributed by atoms with Gasteiger partial charge in [0.2, 0.25) is 5.96 Å². The first-order chi connectivity index (χ1) is 9.90. The van der Waals surface area contributed by atoms with Crippen molar-refractivity contribution in [1.82, 2.24) is 10.6 Å². The quantitative estimate of drug-likeness (QED) is 0.473. The van der Waals surface area contributed by atoms with Crippen LogP contribution < -0.4 is 16.0 Å². The SMILES string of the molecule is Cc1cccc(C(F)(F)F)c1NC(=N)NC(=O)NC(C)(C)C. The summed E-state index contributed by atoms with van der Waals surface area (Å²) in [7, 11) is 0. The third-order valence-corrected chi connectivity index (χ3v) is 2.56. The van der Waals surface area contributed by atoms with Gasteiger partial charge in [-0.3, -0.25) is 10.7 Å². The number of hydrogen-bond donors (Lipinski definition) is 4. The highest BCUT2D eigenvalue weighted by Crippen LogP contribution is 2.36. The first kappa shape index (κ1) is 17.8. The summed E-state index contributed by atoms with van der Waals surface area (Å²) >= 11 is 0. The van der Waals surface area contributed by atoms with Crippen LogP contribution in [0.3, 0.4) is 0 Å². The molecule has 0 fully saturated rings. The van der Waals surface area contributed by atoms with Crippen molar-refractivity contribution in [1.29, 1.82) is 5.41 Å². The maximum atomic E-state index is 13.0. The standard InChI is InChI=1S/C14H19F3N4O/c1-8-6-5-7-9(14(15,16)17)10(8)19-11(18)20-12(22)21-13(2,3)4/h5-7H,1-4H3,(H4,18,19,20,21,22). The van der Waals surface area contributed by atoms with E-state index in [9.17, 15) is 18.0 Å². The number of benzene rings is 1. The van der Waals surface area contributed by atoms with Gasteiger partial charge in [-0.15, -0.1) is 0 Å². The molecule has 8 heteroatoms. The number of rotatable bonds is 1. The Kier molecular flexibility index (Phi) is 5.05. The van der Waals surface area contributed by atoms with Crippen LogP contribution >= 0.6 is 0 Å². The van der Waals surface area contributed by atoms with Crippen LogP contribution in [0.5, 0.6) is 0 Å². The average Bonchev–Trinajstić information content (AvgIpc) is 2.27. The number of amides is 2. The lowest BCUT2D eigenvalue weighted by Gasteiger charge is -2.22. The van der Waals surface area contributed by atoms with E-state index >= 15 is 0 Å². The van der Waals surface area contributed by atoms with Crippen LogP contribution in [0.1, 0.15) is 31.9 Å². The van der Waals surface area contributed by atoms with E-state index in [1.54, 1.807) is 20.8 Å². The number of carbonyl (C=O) groups excluding carboxylic acids is 1. The lowest BCUT2D eigenvalue weighted by Crippen LogP contribution is -2.49. The van der Waals surface area contributed by atoms with Gasteiger partial charge in [0.15, 0.2) is 0 Å². The molecule has 1 rings (SSSR count). The maximum Gasteiger partial charge on any atom is 0.418 e. The van der Waals surface area contributed by atoms with Crippen molar-refractivity contribution in [2.45, 2.75) is 39.4 Å². The number of hydrogen-bond acceptors (Lipinski definition) is 2. The minimum Gasteiger partial charge on any atom is -0.333 e. The molecule has 0 radical (unpaired) electrons. The van der Waals surface area contributed by atoms with Crippen molar-refractivity contribution >= 4 is 17.7 Å². The second-order valence-electron chi connectivity index (χ2n) is 5.82. The molecule has 1 aromatic rings. The Hall–Kier alpha value is -2.25. The van der Waals surface area contributed by atoms with Gasteiger partial charge in [-0.25, -0.2) is 4.79 Å². The fourth-order valence-corrected chi connectivity index (χ4v) is 1.71. The fourth-order valence-electron chi connectivity index (χ4n) is 1.71. The number of nitrogens with one attached hydrogen (secondary N) is 4. The van der Waals surface area contributed by atoms with E-state index in [0.717, 1.165) is 6.07 Å². The van der Waals surface area contributed by atoms with Crippen LogP contribution in [-0.2, 0) is 6.18 Å². The van der Waals surface area contributed by atoms with E-state index in [-0.39, 0.29) is 5.69 Å². The lowest BCUT2D eigenvalue weighted by atomic mass is 10.1. The minimum atomic E-state index is -4.55. The molecule has 0 spiro atoms. The van der Waals surface area contributed by atoms with Crippen LogP contribution in [0, 0.1) is 12.3 Å². The molecule has 4 N–H and O–H groups in total. The summed E-state index contributed by atoms with van der Waals surface area (Å²) in [6, 6.07) is 3.01. The molecule has 1 aromatic carbocycles. The molecule has 22 heavy (non-hydrogen) atoms. The van der Waals surface area contributed by atoms with Crippen LogP contribution in [0.25, 0.3) is 0 Å². The number of urea groups is 1. The van der Waals surface area contributed by atoms with Crippen LogP contribution in [0.2, 0.25) is 0 Å². The van der Waals surface area contributed by atoms with Gasteiger partial charge in [-0.2, -0.15) is 13.2 Å². The van der Waals surface area contributed by atoms with Gasteiger partial charge < -0.3 is 10.6 Å². The molecule has 0 saturated heterocycles. The summed E-state index contributed by atoms with van der Waals surface area (Å²) in [6.07, 6.45) is -4.55. The predicted octanol–water partition coefficient (Wildman–Crippen LogP) is 3.46. The van der Waals surface area contributed by atoms with Gasteiger partial charge in [0.05, 0.1) is 11.3 Å². The summed E-state index contributed by atoms with van der Waals surface area (Å²) in [5.74, 6) is -0.540. The molecular formula is C14H19F3N4O. The van der Waals surface area contributed by atoms with E-state index in [4.69, 9.17) is 5.41 Å². The Bertz CT molecular complexity index is 576. The number of alkyl halides is 3. The number of guanidine groups is 1. The van der Waals surface area contributed by atoms with Gasteiger partial charge in [-0.05, 0) is 39.3 Å². The summed E-state index contributed by atoms with van der Waals surface area (Å²) in [6.45, 7) is 6.71. The van der Waals surface area contributed by atoms with Crippen molar-refractivity contribution in [3.05, 3.63) is 29.3 Å². The second kappa shape index (κ2) is 6.25. The van der Waals surface area contributed by atoms with Gasteiger partial charge in [-0.1, -0.05) is 12.1 Å². The van der Waals surface area contributed by atoms with E-state index in [2.05, 4.69) is 16.0 Å². The third kappa shape index (κ3) is 5.27. The monoisotopic (exact) mass is 316 g/mol. The zero-order valence-corrected chi connectivity index (χ0v) is 12.8. The van der Waals surface area contributed by atoms with Gasteiger partial charge >= 0.3 is 12.2 Å². The van der Waals surface area contributed by atoms with Crippen molar-refractivity contribution < 1.29 is 18.0 Å². The molecule has 5 nitrogen and oxygen atoms in total. The minimum absolute atomic E-state index is 0.254. The molecule has 0 unspecified atom stereocenters.